The van der Waals surface area contributed by atoms with Crippen LogP contribution in [0.2, 0.25) is 0 Å². The number of carbonyl (C=O) groups is 1. The molecule has 1 atom stereocenters. The molecule has 1 aromatic carbocycles. The topological polar surface area (TPSA) is 32.3 Å². The third-order valence-corrected chi connectivity index (χ3v) is 3.17. The van der Waals surface area contributed by atoms with Crippen molar-refractivity contribution < 1.29 is 9.18 Å². The molecule has 2 rings (SSSR count). The van der Waals surface area contributed by atoms with Crippen molar-refractivity contribution in [2.24, 2.45) is 0 Å². The molecular formula is C13H17FN2O. The highest BCUT2D eigenvalue weighted by Gasteiger charge is 2.26. The highest BCUT2D eigenvalue weighted by molar-refractivity contribution is 5.94. The van der Waals surface area contributed by atoms with E-state index in [1.54, 1.807) is 17.9 Å². The number of likely N-dealkylation sites (N-methyl/N-ethyl adjacent to an activating group) is 1. The van der Waals surface area contributed by atoms with Crippen LogP contribution in [-0.4, -0.2) is 37.0 Å². The summed E-state index contributed by atoms with van der Waals surface area (Å²) in [7, 11) is 1.89. The number of amides is 1. The van der Waals surface area contributed by atoms with Gasteiger partial charge < -0.3 is 10.2 Å². The molecule has 17 heavy (non-hydrogen) atoms. The number of nitrogens with one attached hydrogen (secondary N) is 1. The SMILES string of the molecule is CNC1CCN(C(=O)c2cc(C)cc(F)c2)C1. The van der Waals surface area contributed by atoms with Gasteiger partial charge in [0.15, 0.2) is 0 Å². The van der Waals surface area contributed by atoms with Crippen LogP contribution in [0.1, 0.15) is 22.3 Å². The number of nitrogens with zero attached hydrogens (tertiary/aromatic N) is 1. The van der Waals surface area contributed by atoms with Crippen molar-refractivity contribution in [3.05, 3.63) is 35.1 Å². The minimum Gasteiger partial charge on any atom is -0.337 e. The minimum atomic E-state index is -0.349. The molecule has 1 amide bonds. The van der Waals surface area contributed by atoms with Crippen LogP contribution in [0.4, 0.5) is 4.39 Å². The van der Waals surface area contributed by atoms with Crippen molar-refractivity contribution in [1.29, 1.82) is 0 Å². The molecule has 0 aromatic heterocycles. The van der Waals surface area contributed by atoms with Crippen molar-refractivity contribution in [2.45, 2.75) is 19.4 Å². The Balaban J connectivity index is 2.14. The van der Waals surface area contributed by atoms with Gasteiger partial charge in [0.05, 0.1) is 0 Å². The van der Waals surface area contributed by atoms with Gasteiger partial charge in [-0.2, -0.15) is 0 Å². The van der Waals surface area contributed by atoms with E-state index in [0.717, 1.165) is 18.5 Å². The number of hydrogen-bond donors (Lipinski definition) is 1. The number of benzene rings is 1. The molecule has 0 bridgehead atoms. The first kappa shape index (κ1) is 12.0. The van der Waals surface area contributed by atoms with Gasteiger partial charge in [0.1, 0.15) is 5.82 Å². The third-order valence-electron chi connectivity index (χ3n) is 3.17. The number of halogens is 1. The van der Waals surface area contributed by atoms with Crippen LogP contribution < -0.4 is 5.32 Å². The molecular weight excluding hydrogens is 219 g/mol. The zero-order chi connectivity index (χ0) is 12.4. The first-order chi connectivity index (χ1) is 8.10. The van der Waals surface area contributed by atoms with Crippen molar-refractivity contribution in [3.8, 4) is 0 Å². The maximum absolute atomic E-state index is 13.2. The summed E-state index contributed by atoms with van der Waals surface area (Å²) in [5, 5.41) is 3.16. The van der Waals surface area contributed by atoms with Gasteiger partial charge in [-0.3, -0.25) is 4.79 Å². The number of likely N-dealkylation sites (tertiary alicyclic amines) is 1. The lowest BCUT2D eigenvalue weighted by atomic mass is 10.1. The Morgan fingerprint density at radius 1 is 1.47 bits per heavy atom. The molecule has 1 saturated heterocycles. The highest BCUT2D eigenvalue weighted by atomic mass is 19.1. The molecule has 92 valence electrons. The number of hydrogen-bond acceptors (Lipinski definition) is 2. The van der Waals surface area contributed by atoms with E-state index in [9.17, 15) is 9.18 Å². The van der Waals surface area contributed by atoms with Crippen molar-refractivity contribution in [1.82, 2.24) is 10.2 Å². The van der Waals surface area contributed by atoms with Crippen LogP contribution in [0.15, 0.2) is 18.2 Å². The second kappa shape index (κ2) is 4.84. The fourth-order valence-electron chi connectivity index (χ4n) is 2.22. The summed E-state index contributed by atoms with van der Waals surface area (Å²) >= 11 is 0. The fourth-order valence-corrected chi connectivity index (χ4v) is 2.22. The van der Waals surface area contributed by atoms with Gasteiger partial charge in [-0.1, -0.05) is 0 Å². The Labute approximate surface area is 101 Å². The van der Waals surface area contributed by atoms with Gasteiger partial charge >= 0.3 is 0 Å². The Hall–Kier alpha value is -1.42. The van der Waals surface area contributed by atoms with E-state index >= 15 is 0 Å². The Kier molecular flexibility index (Phi) is 3.43. The van der Waals surface area contributed by atoms with E-state index in [0.29, 0.717) is 18.2 Å². The summed E-state index contributed by atoms with van der Waals surface area (Å²) in [5.74, 6) is -0.428. The molecule has 1 aliphatic heterocycles. The lowest BCUT2D eigenvalue weighted by molar-refractivity contribution is 0.0789. The first-order valence-electron chi connectivity index (χ1n) is 5.84. The maximum atomic E-state index is 13.2. The maximum Gasteiger partial charge on any atom is 0.254 e. The summed E-state index contributed by atoms with van der Waals surface area (Å²) in [6, 6.07) is 4.82. The quantitative estimate of drug-likeness (QED) is 0.845. The fraction of sp³-hybridized carbons (Fsp3) is 0.462. The minimum absolute atomic E-state index is 0.0784. The molecule has 1 fully saturated rings. The van der Waals surface area contributed by atoms with Crippen LogP contribution in [0.5, 0.6) is 0 Å². The zero-order valence-corrected chi connectivity index (χ0v) is 10.2. The first-order valence-corrected chi connectivity index (χ1v) is 5.84. The molecule has 1 aliphatic rings. The molecule has 0 saturated carbocycles. The van der Waals surface area contributed by atoms with Crippen LogP contribution in [0.3, 0.4) is 0 Å². The van der Waals surface area contributed by atoms with E-state index in [2.05, 4.69) is 5.32 Å². The average molecular weight is 236 g/mol. The summed E-state index contributed by atoms with van der Waals surface area (Å²) < 4.78 is 13.2. The lowest BCUT2D eigenvalue weighted by Gasteiger charge is -2.16. The van der Waals surface area contributed by atoms with Gasteiger partial charge in [-0.15, -0.1) is 0 Å². The van der Waals surface area contributed by atoms with Crippen LogP contribution in [0.25, 0.3) is 0 Å². The van der Waals surface area contributed by atoms with Gasteiger partial charge in [0.2, 0.25) is 0 Å². The van der Waals surface area contributed by atoms with Crippen molar-refractivity contribution in [3.63, 3.8) is 0 Å². The number of carbonyl (C=O) groups excluding carboxylic acids is 1. The lowest BCUT2D eigenvalue weighted by Crippen LogP contribution is -2.33. The number of rotatable bonds is 2. The largest absolute Gasteiger partial charge is 0.337 e. The van der Waals surface area contributed by atoms with E-state index in [1.807, 2.05) is 7.05 Å². The summed E-state index contributed by atoms with van der Waals surface area (Å²) in [6.45, 7) is 3.23. The predicted molar refractivity (Wildman–Crippen MR) is 64.5 cm³/mol. The van der Waals surface area contributed by atoms with Crippen molar-refractivity contribution in [2.75, 3.05) is 20.1 Å². The summed E-state index contributed by atoms with van der Waals surface area (Å²) in [4.78, 5) is 13.9. The molecule has 1 unspecified atom stereocenters. The molecule has 0 spiro atoms. The highest BCUT2D eigenvalue weighted by Crippen LogP contribution is 2.15. The molecule has 3 nitrogen and oxygen atoms in total. The summed E-state index contributed by atoms with van der Waals surface area (Å²) in [6.07, 6.45) is 0.955. The molecule has 0 aliphatic carbocycles. The van der Waals surface area contributed by atoms with E-state index in [1.165, 1.54) is 12.1 Å². The molecule has 1 aromatic rings. The Morgan fingerprint density at radius 2 is 2.24 bits per heavy atom. The molecule has 4 heteroatoms. The standard InChI is InChI=1S/C13H17FN2O/c1-9-5-10(7-11(14)6-9)13(17)16-4-3-12(8-16)15-2/h5-7,12,15H,3-4,8H2,1-2H3. The molecule has 1 heterocycles. The average Bonchev–Trinajstić information content (AvgIpc) is 2.75. The predicted octanol–water partition coefficient (Wildman–Crippen LogP) is 1.57. The van der Waals surface area contributed by atoms with Crippen LogP contribution in [0, 0.1) is 12.7 Å². The van der Waals surface area contributed by atoms with Gasteiger partial charge in [0, 0.05) is 24.7 Å². The second-order valence-corrected chi connectivity index (χ2v) is 4.54. The smallest absolute Gasteiger partial charge is 0.254 e. The second-order valence-electron chi connectivity index (χ2n) is 4.54. The van der Waals surface area contributed by atoms with E-state index < -0.39 is 0 Å². The zero-order valence-electron chi connectivity index (χ0n) is 10.2. The van der Waals surface area contributed by atoms with Crippen LogP contribution in [-0.2, 0) is 0 Å². The van der Waals surface area contributed by atoms with Gasteiger partial charge in [0.25, 0.3) is 5.91 Å². The van der Waals surface area contributed by atoms with Crippen molar-refractivity contribution >= 4 is 5.91 Å². The Morgan fingerprint density at radius 3 is 2.82 bits per heavy atom. The van der Waals surface area contributed by atoms with Crippen LogP contribution >= 0.6 is 0 Å². The Bertz CT molecular complexity index is 413. The molecule has 1 N–H and O–H groups in total. The normalized spacial score (nSPS) is 19.7. The number of aryl methyl sites for hydroxylation is 1. The van der Waals surface area contributed by atoms with E-state index in [-0.39, 0.29) is 11.7 Å². The summed E-state index contributed by atoms with van der Waals surface area (Å²) in [5.41, 5.74) is 1.22. The third kappa shape index (κ3) is 2.64. The molecule has 0 radical (unpaired) electrons. The van der Waals surface area contributed by atoms with E-state index in [4.69, 9.17) is 0 Å². The van der Waals surface area contributed by atoms with Gasteiger partial charge in [-0.25, -0.2) is 4.39 Å². The monoisotopic (exact) mass is 236 g/mol. The van der Waals surface area contributed by atoms with Gasteiger partial charge in [-0.05, 0) is 44.2 Å².